The van der Waals surface area contributed by atoms with Crippen LogP contribution in [0.1, 0.15) is 6.92 Å². The fourth-order valence-electron chi connectivity index (χ4n) is 0.492. The first kappa shape index (κ1) is 11.5. The van der Waals surface area contributed by atoms with Crippen LogP contribution >= 0.6 is 7.82 Å². The van der Waals surface area contributed by atoms with Crippen molar-refractivity contribution in [2.45, 2.75) is 6.92 Å². The van der Waals surface area contributed by atoms with Gasteiger partial charge in [-0.25, -0.2) is 4.57 Å². The second kappa shape index (κ2) is 4.52. The fraction of sp³-hybridized carbons (Fsp3) is 0.500. The molecule has 0 saturated carbocycles. The summed E-state index contributed by atoms with van der Waals surface area (Å²) >= 11 is 0. The molecule has 0 aliphatic carbocycles. The standard InChI is InChI=1S/C6H11O5P/c1-3-6(7)5(2)4-11-12(8,9)10/h3,5H,1,4H2,2H3,(H2,8,9,10). The monoisotopic (exact) mass is 194 g/mol. The number of carbonyl (C=O) groups excluding carboxylic acids is 1. The van der Waals surface area contributed by atoms with Gasteiger partial charge in [0.15, 0.2) is 5.78 Å². The molecule has 12 heavy (non-hydrogen) atoms. The molecule has 0 saturated heterocycles. The predicted molar refractivity (Wildman–Crippen MR) is 42.4 cm³/mol. The second-order valence-electron chi connectivity index (χ2n) is 2.29. The Bertz CT molecular complexity index is 218. The van der Waals surface area contributed by atoms with Crippen molar-refractivity contribution in [1.82, 2.24) is 0 Å². The van der Waals surface area contributed by atoms with Crippen molar-refractivity contribution < 1.29 is 23.7 Å². The van der Waals surface area contributed by atoms with E-state index < -0.39 is 13.7 Å². The van der Waals surface area contributed by atoms with Crippen molar-refractivity contribution in [2.75, 3.05) is 6.61 Å². The molecule has 1 unspecified atom stereocenters. The molecule has 0 aromatic heterocycles. The van der Waals surface area contributed by atoms with Gasteiger partial charge in [0.05, 0.1) is 6.61 Å². The van der Waals surface area contributed by atoms with Gasteiger partial charge in [0.2, 0.25) is 0 Å². The van der Waals surface area contributed by atoms with E-state index in [0.29, 0.717) is 0 Å². The Kier molecular flexibility index (Phi) is 4.34. The van der Waals surface area contributed by atoms with Gasteiger partial charge in [0.25, 0.3) is 0 Å². The summed E-state index contributed by atoms with van der Waals surface area (Å²) < 4.78 is 14.3. The quantitative estimate of drug-likeness (QED) is 0.491. The van der Waals surface area contributed by atoms with E-state index in [-0.39, 0.29) is 12.4 Å². The number of hydrogen-bond donors (Lipinski definition) is 2. The molecule has 0 radical (unpaired) electrons. The van der Waals surface area contributed by atoms with Gasteiger partial charge in [-0.1, -0.05) is 13.5 Å². The van der Waals surface area contributed by atoms with E-state index >= 15 is 0 Å². The third-order valence-electron chi connectivity index (χ3n) is 1.18. The van der Waals surface area contributed by atoms with Crippen LogP contribution < -0.4 is 0 Å². The average molecular weight is 194 g/mol. The molecule has 6 heteroatoms. The van der Waals surface area contributed by atoms with Gasteiger partial charge in [-0.05, 0) is 6.08 Å². The Morgan fingerprint density at radius 1 is 1.75 bits per heavy atom. The maximum absolute atomic E-state index is 10.8. The average Bonchev–Trinajstić information content (AvgIpc) is 1.97. The Balaban J connectivity index is 3.87. The minimum Gasteiger partial charge on any atom is -0.303 e. The molecule has 0 amide bonds. The molecule has 0 heterocycles. The number of carbonyl (C=O) groups is 1. The number of phosphoric ester groups is 1. The first-order valence-electron chi connectivity index (χ1n) is 3.23. The highest BCUT2D eigenvalue weighted by Crippen LogP contribution is 2.36. The summed E-state index contributed by atoms with van der Waals surface area (Å²) in [6.45, 7) is 4.43. The molecule has 0 aliphatic heterocycles. The molecule has 0 rings (SSSR count). The van der Waals surface area contributed by atoms with Gasteiger partial charge in [0, 0.05) is 5.92 Å². The summed E-state index contributed by atoms with van der Waals surface area (Å²) in [5.41, 5.74) is 0. The molecule has 5 nitrogen and oxygen atoms in total. The number of hydrogen-bond acceptors (Lipinski definition) is 3. The largest absolute Gasteiger partial charge is 0.469 e. The number of allylic oxidation sites excluding steroid dienone is 1. The zero-order valence-electron chi connectivity index (χ0n) is 6.64. The molecule has 0 bridgehead atoms. The Morgan fingerprint density at radius 2 is 2.25 bits per heavy atom. The lowest BCUT2D eigenvalue weighted by Gasteiger charge is -2.08. The third-order valence-corrected chi connectivity index (χ3v) is 1.67. The SMILES string of the molecule is C=CC(=O)C(C)COP(=O)(O)O. The van der Waals surface area contributed by atoms with Crippen LogP contribution in [-0.2, 0) is 13.9 Å². The van der Waals surface area contributed by atoms with Crippen LogP contribution in [0.25, 0.3) is 0 Å². The van der Waals surface area contributed by atoms with E-state index in [0.717, 1.165) is 6.08 Å². The topological polar surface area (TPSA) is 83.8 Å². The highest BCUT2D eigenvalue weighted by Gasteiger charge is 2.18. The molecule has 0 aromatic rings. The van der Waals surface area contributed by atoms with Gasteiger partial charge in [0.1, 0.15) is 0 Å². The van der Waals surface area contributed by atoms with Crippen LogP contribution in [0.4, 0.5) is 0 Å². The molecular formula is C6H11O5P. The molecule has 0 aliphatic rings. The summed E-state index contributed by atoms with van der Waals surface area (Å²) in [6.07, 6.45) is 1.09. The third kappa shape index (κ3) is 5.21. The van der Waals surface area contributed by atoms with Crippen LogP contribution in [0.3, 0.4) is 0 Å². The van der Waals surface area contributed by atoms with Crippen LogP contribution in [0.5, 0.6) is 0 Å². The minimum atomic E-state index is -4.46. The summed E-state index contributed by atoms with van der Waals surface area (Å²) in [7, 11) is -4.46. The summed E-state index contributed by atoms with van der Waals surface area (Å²) in [6, 6.07) is 0. The van der Waals surface area contributed by atoms with Crippen LogP contribution in [0, 0.1) is 5.92 Å². The van der Waals surface area contributed by atoms with Crippen molar-refractivity contribution in [3.63, 3.8) is 0 Å². The summed E-state index contributed by atoms with van der Waals surface area (Å²) in [4.78, 5) is 27.3. The van der Waals surface area contributed by atoms with E-state index in [1.807, 2.05) is 0 Å². The smallest absolute Gasteiger partial charge is 0.303 e. The van der Waals surface area contributed by atoms with E-state index in [1.54, 1.807) is 0 Å². The van der Waals surface area contributed by atoms with E-state index in [2.05, 4.69) is 11.1 Å². The first-order chi connectivity index (χ1) is 5.37. The Morgan fingerprint density at radius 3 is 2.58 bits per heavy atom. The zero-order valence-corrected chi connectivity index (χ0v) is 7.53. The number of phosphoric acid groups is 1. The normalized spacial score (nSPS) is 13.9. The first-order valence-corrected chi connectivity index (χ1v) is 4.76. The number of rotatable bonds is 5. The van der Waals surface area contributed by atoms with Crippen molar-refractivity contribution in [3.8, 4) is 0 Å². The zero-order chi connectivity index (χ0) is 9.78. The van der Waals surface area contributed by atoms with Gasteiger partial charge < -0.3 is 9.79 Å². The second-order valence-corrected chi connectivity index (χ2v) is 3.53. The molecule has 1 atom stereocenters. The van der Waals surface area contributed by atoms with Crippen LogP contribution in [0.2, 0.25) is 0 Å². The van der Waals surface area contributed by atoms with Gasteiger partial charge in [-0.15, -0.1) is 0 Å². The summed E-state index contributed by atoms with van der Waals surface area (Å²) in [5, 5.41) is 0. The molecule has 0 fully saturated rings. The molecule has 2 N–H and O–H groups in total. The molecule has 70 valence electrons. The molecule has 0 spiro atoms. The van der Waals surface area contributed by atoms with E-state index in [9.17, 15) is 9.36 Å². The number of ketones is 1. The molecule has 0 aromatic carbocycles. The van der Waals surface area contributed by atoms with E-state index in [4.69, 9.17) is 9.79 Å². The van der Waals surface area contributed by atoms with Crippen molar-refractivity contribution in [2.24, 2.45) is 5.92 Å². The minimum absolute atomic E-state index is 0.296. The maximum atomic E-state index is 10.8. The molecular weight excluding hydrogens is 183 g/mol. The van der Waals surface area contributed by atoms with Gasteiger partial charge >= 0.3 is 7.82 Å². The van der Waals surface area contributed by atoms with Crippen LogP contribution in [0.15, 0.2) is 12.7 Å². The Labute approximate surface area is 70.3 Å². The van der Waals surface area contributed by atoms with Gasteiger partial charge in [-0.2, -0.15) is 0 Å². The van der Waals surface area contributed by atoms with Crippen molar-refractivity contribution in [1.29, 1.82) is 0 Å². The van der Waals surface area contributed by atoms with Gasteiger partial charge in [-0.3, -0.25) is 9.32 Å². The van der Waals surface area contributed by atoms with Crippen molar-refractivity contribution in [3.05, 3.63) is 12.7 Å². The predicted octanol–water partition coefficient (Wildman–Crippen LogP) is 0.487. The highest BCUT2D eigenvalue weighted by molar-refractivity contribution is 7.46. The fourth-order valence-corrected chi connectivity index (χ4v) is 0.910. The van der Waals surface area contributed by atoms with Crippen molar-refractivity contribution >= 4 is 13.6 Å². The van der Waals surface area contributed by atoms with E-state index in [1.165, 1.54) is 6.92 Å². The Hall–Kier alpha value is -0.480. The lowest BCUT2D eigenvalue weighted by molar-refractivity contribution is -0.118. The van der Waals surface area contributed by atoms with Crippen LogP contribution in [-0.4, -0.2) is 22.2 Å². The lowest BCUT2D eigenvalue weighted by Crippen LogP contribution is -2.13. The maximum Gasteiger partial charge on any atom is 0.469 e. The lowest BCUT2D eigenvalue weighted by atomic mass is 10.1. The summed E-state index contributed by atoms with van der Waals surface area (Å²) in [5.74, 6) is -0.876. The highest BCUT2D eigenvalue weighted by atomic mass is 31.2.